The Morgan fingerprint density at radius 3 is 1.69 bits per heavy atom. The van der Waals surface area contributed by atoms with E-state index >= 15 is 0 Å². The summed E-state index contributed by atoms with van der Waals surface area (Å²) in [5.41, 5.74) is 14.0. The summed E-state index contributed by atoms with van der Waals surface area (Å²) in [5, 5.41) is 2.30. The standard InChI is InChI=1S/C48H34N4/c1-48(2)41-26-13-11-22-36(41)37-29-28-33(30-42(37)48)34-20-9-10-21-35(34)39-24-15-25-40-38-23-12-14-27-43(38)52(44(39)40)47-50-45(31-16-5-3-6-17-31)49-46(51-47)32-18-7-4-8-19-32/h3-30H,1-2H3. The Balaban J connectivity index is 1.23. The van der Waals surface area contributed by atoms with Crippen LogP contribution in [0.5, 0.6) is 0 Å². The first-order chi connectivity index (χ1) is 25.6. The average molecular weight is 667 g/mol. The molecule has 2 aromatic heterocycles. The van der Waals surface area contributed by atoms with E-state index in [2.05, 4.69) is 152 Å². The minimum absolute atomic E-state index is 0.0884. The highest BCUT2D eigenvalue weighted by atomic mass is 15.2. The summed E-state index contributed by atoms with van der Waals surface area (Å²) < 4.78 is 2.24. The smallest absolute Gasteiger partial charge is 0.238 e. The van der Waals surface area contributed by atoms with Gasteiger partial charge in [-0.1, -0.05) is 172 Å². The van der Waals surface area contributed by atoms with E-state index in [0.717, 1.165) is 44.1 Å². The van der Waals surface area contributed by atoms with Crippen LogP contribution < -0.4 is 0 Å². The lowest BCUT2D eigenvalue weighted by atomic mass is 9.81. The van der Waals surface area contributed by atoms with Crippen molar-refractivity contribution in [1.29, 1.82) is 0 Å². The Morgan fingerprint density at radius 1 is 0.404 bits per heavy atom. The lowest BCUT2D eigenvalue weighted by Gasteiger charge is -2.22. The molecule has 0 amide bonds. The quantitative estimate of drug-likeness (QED) is 0.184. The van der Waals surface area contributed by atoms with Crippen LogP contribution >= 0.6 is 0 Å². The molecule has 10 rings (SSSR count). The minimum atomic E-state index is -0.0884. The summed E-state index contributed by atoms with van der Waals surface area (Å²) in [6, 6.07) is 60.1. The topological polar surface area (TPSA) is 43.6 Å². The molecule has 4 nitrogen and oxygen atoms in total. The summed E-state index contributed by atoms with van der Waals surface area (Å²) in [7, 11) is 0. The lowest BCUT2D eigenvalue weighted by molar-refractivity contribution is 0.660. The SMILES string of the molecule is CC1(C)c2ccccc2-c2ccc(-c3ccccc3-c3cccc4c5ccccc5n(-c5nc(-c6ccccc6)nc(-c6ccccc6)n5)c34)cc21. The summed E-state index contributed by atoms with van der Waals surface area (Å²) >= 11 is 0. The van der Waals surface area contributed by atoms with Crippen molar-refractivity contribution in [3.63, 3.8) is 0 Å². The van der Waals surface area contributed by atoms with E-state index in [0.29, 0.717) is 17.6 Å². The molecule has 0 aliphatic heterocycles. The molecule has 0 fully saturated rings. The Labute approximate surface area is 302 Å². The van der Waals surface area contributed by atoms with Crippen LogP contribution in [0.2, 0.25) is 0 Å². The molecule has 4 heteroatoms. The van der Waals surface area contributed by atoms with Crippen molar-refractivity contribution < 1.29 is 0 Å². The molecule has 52 heavy (non-hydrogen) atoms. The number of fused-ring (bicyclic) bond motifs is 6. The first-order valence-corrected chi connectivity index (χ1v) is 17.8. The molecule has 0 N–H and O–H groups in total. The van der Waals surface area contributed by atoms with Gasteiger partial charge in [0.2, 0.25) is 5.95 Å². The van der Waals surface area contributed by atoms with Gasteiger partial charge in [0.1, 0.15) is 0 Å². The van der Waals surface area contributed by atoms with Crippen LogP contribution in [-0.2, 0) is 5.41 Å². The summed E-state index contributed by atoms with van der Waals surface area (Å²) in [6.45, 7) is 4.68. The third-order valence-corrected chi connectivity index (χ3v) is 10.7. The first kappa shape index (κ1) is 30.2. The van der Waals surface area contributed by atoms with Crippen LogP contribution in [0.3, 0.4) is 0 Å². The Hall–Kier alpha value is -6.65. The first-order valence-electron chi connectivity index (χ1n) is 17.8. The van der Waals surface area contributed by atoms with Gasteiger partial charge in [-0.15, -0.1) is 0 Å². The highest BCUT2D eigenvalue weighted by Gasteiger charge is 2.35. The van der Waals surface area contributed by atoms with Crippen molar-refractivity contribution in [2.75, 3.05) is 0 Å². The van der Waals surface area contributed by atoms with Gasteiger partial charge in [-0.05, 0) is 51.1 Å². The van der Waals surface area contributed by atoms with Crippen LogP contribution in [0, 0.1) is 0 Å². The largest absolute Gasteiger partial charge is 0.277 e. The molecular formula is C48H34N4. The maximum atomic E-state index is 5.20. The van der Waals surface area contributed by atoms with E-state index in [4.69, 9.17) is 15.0 Å². The molecule has 246 valence electrons. The zero-order valence-corrected chi connectivity index (χ0v) is 29.0. The molecule has 1 aliphatic carbocycles. The fraction of sp³-hybridized carbons (Fsp3) is 0.0625. The second-order valence-corrected chi connectivity index (χ2v) is 14.0. The molecule has 2 heterocycles. The van der Waals surface area contributed by atoms with Crippen molar-refractivity contribution in [1.82, 2.24) is 19.5 Å². The molecule has 1 aliphatic rings. The zero-order chi connectivity index (χ0) is 34.8. The lowest BCUT2D eigenvalue weighted by Crippen LogP contribution is -2.14. The van der Waals surface area contributed by atoms with Crippen molar-refractivity contribution >= 4 is 21.8 Å². The molecule has 7 aromatic carbocycles. The number of nitrogens with zero attached hydrogens (tertiary/aromatic N) is 4. The van der Waals surface area contributed by atoms with Gasteiger partial charge < -0.3 is 0 Å². The van der Waals surface area contributed by atoms with Gasteiger partial charge in [-0.3, -0.25) is 4.57 Å². The predicted octanol–water partition coefficient (Wildman–Crippen LogP) is 11.9. The van der Waals surface area contributed by atoms with E-state index < -0.39 is 0 Å². The van der Waals surface area contributed by atoms with Gasteiger partial charge in [-0.25, -0.2) is 4.98 Å². The monoisotopic (exact) mass is 666 g/mol. The van der Waals surface area contributed by atoms with Crippen LogP contribution in [0.4, 0.5) is 0 Å². The fourth-order valence-electron chi connectivity index (χ4n) is 8.18. The Kier molecular flexibility index (Phi) is 6.80. The zero-order valence-electron chi connectivity index (χ0n) is 29.0. The molecule has 0 saturated carbocycles. The third-order valence-electron chi connectivity index (χ3n) is 10.7. The molecule has 0 unspecified atom stereocenters. The molecule has 0 bridgehead atoms. The number of hydrogen-bond acceptors (Lipinski definition) is 3. The van der Waals surface area contributed by atoms with Gasteiger partial charge in [0.25, 0.3) is 0 Å². The highest BCUT2D eigenvalue weighted by molar-refractivity contribution is 6.14. The van der Waals surface area contributed by atoms with Gasteiger partial charge in [0.15, 0.2) is 11.6 Å². The van der Waals surface area contributed by atoms with Crippen LogP contribution in [0.1, 0.15) is 25.0 Å². The maximum Gasteiger partial charge on any atom is 0.238 e. The minimum Gasteiger partial charge on any atom is -0.277 e. The number of aromatic nitrogens is 4. The predicted molar refractivity (Wildman–Crippen MR) is 213 cm³/mol. The second kappa shape index (κ2) is 11.7. The number of benzene rings is 7. The second-order valence-electron chi connectivity index (χ2n) is 14.0. The van der Waals surface area contributed by atoms with Gasteiger partial charge in [0.05, 0.1) is 11.0 Å². The van der Waals surface area contributed by atoms with Crippen LogP contribution in [-0.4, -0.2) is 19.5 Å². The number of hydrogen-bond donors (Lipinski definition) is 0. The van der Waals surface area contributed by atoms with Crippen molar-refractivity contribution in [2.24, 2.45) is 0 Å². The van der Waals surface area contributed by atoms with E-state index in [1.807, 2.05) is 36.4 Å². The van der Waals surface area contributed by atoms with Crippen molar-refractivity contribution in [3.8, 4) is 62.1 Å². The molecule has 0 atom stereocenters. The molecular weight excluding hydrogens is 633 g/mol. The third kappa shape index (κ3) is 4.65. The summed E-state index contributed by atoms with van der Waals surface area (Å²) in [6.07, 6.45) is 0. The van der Waals surface area contributed by atoms with Crippen LogP contribution in [0.25, 0.3) is 83.9 Å². The Morgan fingerprint density at radius 2 is 0.962 bits per heavy atom. The molecule has 0 spiro atoms. The van der Waals surface area contributed by atoms with Gasteiger partial charge in [0, 0.05) is 32.9 Å². The van der Waals surface area contributed by atoms with E-state index in [1.54, 1.807) is 0 Å². The molecule has 0 saturated heterocycles. The normalized spacial score (nSPS) is 13.0. The van der Waals surface area contributed by atoms with E-state index in [-0.39, 0.29) is 5.41 Å². The van der Waals surface area contributed by atoms with Crippen molar-refractivity contribution in [3.05, 3.63) is 181 Å². The van der Waals surface area contributed by atoms with Crippen molar-refractivity contribution in [2.45, 2.75) is 19.3 Å². The van der Waals surface area contributed by atoms with E-state index in [9.17, 15) is 0 Å². The summed E-state index contributed by atoms with van der Waals surface area (Å²) in [4.78, 5) is 15.4. The summed E-state index contributed by atoms with van der Waals surface area (Å²) in [5.74, 6) is 1.85. The average Bonchev–Trinajstić information content (AvgIpc) is 3.67. The molecule has 9 aromatic rings. The number of para-hydroxylation sites is 2. The highest BCUT2D eigenvalue weighted by Crippen LogP contribution is 2.50. The fourth-order valence-corrected chi connectivity index (χ4v) is 8.18. The molecule has 0 radical (unpaired) electrons. The van der Waals surface area contributed by atoms with E-state index in [1.165, 1.54) is 33.4 Å². The van der Waals surface area contributed by atoms with Gasteiger partial charge >= 0.3 is 0 Å². The van der Waals surface area contributed by atoms with Crippen LogP contribution in [0.15, 0.2) is 170 Å². The maximum absolute atomic E-state index is 5.20. The Bertz CT molecular complexity index is 2760. The number of rotatable bonds is 5. The van der Waals surface area contributed by atoms with Gasteiger partial charge in [-0.2, -0.15) is 9.97 Å².